The predicted molar refractivity (Wildman–Crippen MR) is 111 cm³/mol. The topological polar surface area (TPSA) is 77.2 Å². The molecule has 2 aromatic carbocycles. The molecule has 0 unspecified atom stereocenters. The summed E-state index contributed by atoms with van der Waals surface area (Å²) in [5.41, 5.74) is 3.31. The van der Waals surface area contributed by atoms with Crippen molar-refractivity contribution >= 4 is 38.6 Å². The Morgan fingerprint density at radius 1 is 1.14 bits per heavy atom. The first-order valence-electron chi connectivity index (χ1n) is 8.68. The van der Waals surface area contributed by atoms with Gasteiger partial charge in [0.2, 0.25) is 5.89 Å². The molecule has 28 heavy (non-hydrogen) atoms. The smallest absolute Gasteiger partial charge is 0.255 e. The summed E-state index contributed by atoms with van der Waals surface area (Å²) in [6.07, 6.45) is 3.37. The summed E-state index contributed by atoms with van der Waals surface area (Å²) in [6, 6.07) is 14.2. The van der Waals surface area contributed by atoms with Gasteiger partial charge in [0.1, 0.15) is 11.3 Å². The number of fused-ring (bicyclic) bond motifs is 1. The van der Waals surface area contributed by atoms with Crippen LogP contribution in [0.2, 0.25) is 0 Å². The van der Waals surface area contributed by atoms with Crippen LogP contribution in [0, 0.1) is 0 Å². The van der Waals surface area contributed by atoms with E-state index in [0.717, 1.165) is 10.0 Å². The fourth-order valence-corrected chi connectivity index (χ4v) is 3.23. The Balaban J connectivity index is 1.56. The SMILES string of the molecule is CCOc1ccc(C(=O)Nc2ccc3oc(-c4ccncc4)nc3c2)cc1Br. The number of ether oxygens (including phenoxy) is 1. The van der Waals surface area contributed by atoms with E-state index in [1.54, 1.807) is 48.8 Å². The summed E-state index contributed by atoms with van der Waals surface area (Å²) in [5.74, 6) is 0.990. The van der Waals surface area contributed by atoms with E-state index in [9.17, 15) is 4.79 Å². The third-order valence-electron chi connectivity index (χ3n) is 4.07. The maximum Gasteiger partial charge on any atom is 0.255 e. The maximum absolute atomic E-state index is 12.6. The number of nitrogens with one attached hydrogen (secondary N) is 1. The second-order valence-electron chi connectivity index (χ2n) is 5.97. The lowest BCUT2D eigenvalue weighted by molar-refractivity contribution is 0.102. The molecule has 2 aromatic heterocycles. The molecular formula is C21H16BrN3O3. The fourth-order valence-electron chi connectivity index (χ4n) is 2.74. The number of carbonyl (C=O) groups is 1. The monoisotopic (exact) mass is 437 g/mol. The van der Waals surface area contributed by atoms with Crippen molar-refractivity contribution < 1.29 is 13.9 Å². The number of pyridine rings is 1. The van der Waals surface area contributed by atoms with Crippen LogP contribution in [0.3, 0.4) is 0 Å². The van der Waals surface area contributed by atoms with Crippen LogP contribution in [0.4, 0.5) is 5.69 Å². The van der Waals surface area contributed by atoms with Gasteiger partial charge in [0, 0.05) is 29.2 Å². The number of anilines is 1. The quantitative estimate of drug-likeness (QED) is 0.458. The van der Waals surface area contributed by atoms with E-state index >= 15 is 0 Å². The van der Waals surface area contributed by atoms with E-state index < -0.39 is 0 Å². The molecule has 0 aliphatic rings. The van der Waals surface area contributed by atoms with Gasteiger partial charge < -0.3 is 14.5 Å². The average Bonchev–Trinajstić information content (AvgIpc) is 3.14. The normalized spacial score (nSPS) is 10.8. The van der Waals surface area contributed by atoms with Gasteiger partial charge >= 0.3 is 0 Å². The summed E-state index contributed by atoms with van der Waals surface area (Å²) in [4.78, 5) is 21.1. The minimum absolute atomic E-state index is 0.221. The van der Waals surface area contributed by atoms with Gasteiger partial charge in [-0.1, -0.05) is 0 Å². The molecule has 0 bridgehead atoms. The Bertz CT molecular complexity index is 1140. The van der Waals surface area contributed by atoms with Crippen LogP contribution in [-0.2, 0) is 0 Å². The van der Waals surface area contributed by atoms with Crippen molar-refractivity contribution in [3.8, 4) is 17.2 Å². The Labute approximate surface area is 169 Å². The molecular weight excluding hydrogens is 422 g/mol. The first kappa shape index (κ1) is 18.2. The van der Waals surface area contributed by atoms with Gasteiger partial charge in [0.05, 0.1) is 11.1 Å². The van der Waals surface area contributed by atoms with Crippen LogP contribution in [-0.4, -0.2) is 22.5 Å². The summed E-state index contributed by atoms with van der Waals surface area (Å²) in [7, 11) is 0. The van der Waals surface area contributed by atoms with Gasteiger partial charge in [-0.25, -0.2) is 4.98 Å². The number of oxazole rings is 1. The molecule has 0 aliphatic carbocycles. The maximum atomic E-state index is 12.6. The van der Waals surface area contributed by atoms with Crippen LogP contribution in [0.25, 0.3) is 22.6 Å². The predicted octanol–water partition coefficient (Wildman–Crippen LogP) is 5.30. The van der Waals surface area contributed by atoms with Gasteiger partial charge in [-0.2, -0.15) is 0 Å². The summed E-state index contributed by atoms with van der Waals surface area (Å²) in [6.45, 7) is 2.47. The lowest BCUT2D eigenvalue weighted by Gasteiger charge is -2.09. The lowest BCUT2D eigenvalue weighted by atomic mass is 10.2. The van der Waals surface area contributed by atoms with Gasteiger partial charge in [0.25, 0.3) is 5.91 Å². The Morgan fingerprint density at radius 3 is 2.71 bits per heavy atom. The summed E-state index contributed by atoms with van der Waals surface area (Å²) < 4.78 is 12.0. The number of aromatic nitrogens is 2. The van der Waals surface area contributed by atoms with Crippen LogP contribution in [0.5, 0.6) is 5.75 Å². The van der Waals surface area contributed by atoms with E-state index in [1.807, 2.05) is 19.1 Å². The zero-order valence-corrected chi connectivity index (χ0v) is 16.6. The van der Waals surface area contributed by atoms with Crippen molar-refractivity contribution in [3.05, 3.63) is 71.0 Å². The molecule has 0 fully saturated rings. The Morgan fingerprint density at radius 2 is 1.96 bits per heavy atom. The van der Waals surface area contributed by atoms with Crippen molar-refractivity contribution in [2.45, 2.75) is 6.92 Å². The van der Waals surface area contributed by atoms with Crippen molar-refractivity contribution in [3.63, 3.8) is 0 Å². The highest BCUT2D eigenvalue weighted by atomic mass is 79.9. The molecule has 1 amide bonds. The Hall–Kier alpha value is -3.19. The highest BCUT2D eigenvalue weighted by molar-refractivity contribution is 9.10. The van der Waals surface area contributed by atoms with Gasteiger partial charge in [-0.05, 0) is 71.4 Å². The molecule has 0 spiro atoms. The number of amides is 1. The largest absolute Gasteiger partial charge is 0.493 e. The zero-order valence-electron chi connectivity index (χ0n) is 15.0. The number of nitrogens with zero attached hydrogens (tertiary/aromatic N) is 2. The van der Waals surface area contributed by atoms with Crippen molar-refractivity contribution in [1.29, 1.82) is 0 Å². The first-order valence-corrected chi connectivity index (χ1v) is 9.48. The molecule has 0 saturated heterocycles. The van der Waals surface area contributed by atoms with Crippen LogP contribution >= 0.6 is 15.9 Å². The average molecular weight is 438 g/mol. The molecule has 0 atom stereocenters. The summed E-state index contributed by atoms with van der Waals surface area (Å²) >= 11 is 3.43. The molecule has 140 valence electrons. The minimum Gasteiger partial charge on any atom is -0.493 e. The van der Waals surface area contributed by atoms with E-state index in [2.05, 4.69) is 31.2 Å². The third kappa shape index (κ3) is 3.75. The highest BCUT2D eigenvalue weighted by Gasteiger charge is 2.12. The highest BCUT2D eigenvalue weighted by Crippen LogP contribution is 2.28. The molecule has 1 N–H and O–H groups in total. The standard InChI is InChI=1S/C21H16BrN3O3/c1-2-27-18-5-3-14(11-16(18)22)20(26)24-15-4-6-19-17(12-15)25-21(28-19)13-7-9-23-10-8-13/h3-12H,2H2,1H3,(H,24,26). The molecule has 0 aliphatic heterocycles. The second-order valence-corrected chi connectivity index (χ2v) is 6.82. The van der Waals surface area contributed by atoms with Gasteiger partial charge in [-0.3, -0.25) is 9.78 Å². The molecule has 7 heteroatoms. The Kier molecular flexibility index (Phi) is 5.08. The summed E-state index contributed by atoms with van der Waals surface area (Å²) in [5, 5.41) is 2.89. The second kappa shape index (κ2) is 7.82. The minimum atomic E-state index is -0.221. The van der Waals surface area contributed by atoms with Gasteiger partial charge in [0.15, 0.2) is 5.58 Å². The number of benzene rings is 2. The van der Waals surface area contributed by atoms with Crippen LogP contribution in [0.15, 0.2) is 69.8 Å². The number of halogens is 1. The number of rotatable bonds is 5. The molecule has 2 heterocycles. The molecule has 4 aromatic rings. The van der Waals surface area contributed by atoms with Crippen molar-refractivity contribution in [1.82, 2.24) is 9.97 Å². The molecule has 0 saturated carbocycles. The van der Waals surface area contributed by atoms with E-state index in [-0.39, 0.29) is 5.91 Å². The number of hydrogen-bond donors (Lipinski definition) is 1. The molecule has 6 nitrogen and oxygen atoms in total. The number of hydrogen-bond acceptors (Lipinski definition) is 5. The van der Waals surface area contributed by atoms with E-state index in [4.69, 9.17) is 9.15 Å². The van der Waals surface area contributed by atoms with Crippen molar-refractivity contribution in [2.24, 2.45) is 0 Å². The third-order valence-corrected chi connectivity index (χ3v) is 4.69. The van der Waals surface area contributed by atoms with E-state index in [1.165, 1.54) is 0 Å². The zero-order chi connectivity index (χ0) is 19.5. The van der Waals surface area contributed by atoms with Crippen LogP contribution in [0.1, 0.15) is 17.3 Å². The fraction of sp³-hybridized carbons (Fsp3) is 0.0952. The van der Waals surface area contributed by atoms with Crippen LogP contribution < -0.4 is 10.1 Å². The lowest BCUT2D eigenvalue weighted by Crippen LogP contribution is -2.12. The van der Waals surface area contributed by atoms with Gasteiger partial charge in [-0.15, -0.1) is 0 Å². The first-order chi connectivity index (χ1) is 13.6. The molecule has 0 radical (unpaired) electrons. The van der Waals surface area contributed by atoms with E-state index in [0.29, 0.717) is 40.6 Å². The molecule has 4 rings (SSSR count). The number of carbonyl (C=O) groups excluding carboxylic acids is 1. The van der Waals surface area contributed by atoms with Crippen molar-refractivity contribution in [2.75, 3.05) is 11.9 Å².